The van der Waals surface area contributed by atoms with E-state index in [9.17, 15) is 9.18 Å². The van der Waals surface area contributed by atoms with Gasteiger partial charge in [0, 0.05) is 18.4 Å². The molecule has 0 amide bonds. The number of nitrogens with zero attached hydrogens (tertiary/aromatic N) is 3. The highest BCUT2D eigenvalue weighted by molar-refractivity contribution is 5.83. The van der Waals surface area contributed by atoms with Crippen LogP contribution < -0.4 is 10.5 Å². The van der Waals surface area contributed by atoms with Gasteiger partial charge in [-0.25, -0.2) is 9.37 Å². The Kier molecular flexibility index (Phi) is 6.63. The second-order valence-electron chi connectivity index (χ2n) is 9.02. The molecule has 5 aromatic rings. The number of anilines is 2. The van der Waals surface area contributed by atoms with Crippen molar-refractivity contribution < 1.29 is 4.39 Å². The first kappa shape index (κ1) is 23.5. The molecule has 180 valence electrons. The lowest BCUT2D eigenvalue weighted by Crippen LogP contribution is -2.29. The molecule has 0 bridgehead atoms. The molecular weight excluding hydrogens is 449 g/mol. The molecule has 0 saturated heterocycles. The summed E-state index contributed by atoms with van der Waals surface area (Å²) in [6.45, 7) is 1.90. The molecule has 0 aliphatic rings. The number of rotatable bonds is 7. The lowest BCUT2D eigenvalue weighted by Gasteiger charge is -2.24. The summed E-state index contributed by atoms with van der Waals surface area (Å²) in [5.41, 5.74) is 4.60. The van der Waals surface area contributed by atoms with Crippen molar-refractivity contribution in [3.8, 4) is 0 Å². The van der Waals surface area contributed by atoms with Crippen molar-refractivity contribution in [2.24, 2.45) is 0 Å². The number of benzene rings is 4. The summed E-state index contributed by atoms with van der Waals surface area (Å²) in [5, 5.41) is 0.563. The van der Waals surface area contributed by atoms with Crippen molar-refractivity contribution in [3.05, 3.63) is 136 Å². The minimum atomic E-state index is -0.282. The number of fused-ring (bicyclic) bond motifs is 1. The van der Waals surface area contributed by atoms with Gasteiger partial charge in [0.05, 0.1) is 16.9 Å². The normalized spacial score (nSPS) is 12.0. The van der Waals surface area contributed by atoms with E-state index in [1.54, 1.807) is 12.1 Å². The van der Waals surface area contributed by atoms with E-state index in [0.717, 1.165) is 29.8 Å². The minimum absolute atomic E-state index is 0.0613. The second kappa shape index (κ2) is 10.2. The highest BCUT2D eigenvalue weighted by Crippen LogP contribution is 2.28. The maximum atomic E-state index is 14.0. The first-order chi connectivity index (χ1) is 17.5. The maximum Gasteiger partial charge on any atom is 0.262 e. The SMILES string of the molecule is Cc1nc2ccc(N(C)c3ccc(F)cc3)cc2c(=O)n1C(CCc1ccccc1)c1ccccc1. The van der Waals surface area contributed by atoms with Crippen LogP contribution >= 0.6 is 0 Å². The van der Waals surface area contributed by atoms with Gasteiger partial charge in [-0.3, -0.25) is 9.36 Å². The number of hydrogen-bond acceptors (Lipinski definition) is 3. The Morgan fingerprint density at radius 3 is 2.19 bits per heavy atom. The van der Waals surface area contributed by atoms with Gasteiger partial charge in [0.25, 0.3) is 5.56 Å². The van der Waals surface area contributed by atoms with Crippen LogP contribution in [0.4, 0.5) is 15.8 Å². The summed E-state index contributed by atoms with van der Waals surface area (Å²) in [6, 6.07) is 32.4. The Labute approximate surface area is 210 Å². The van der Waals surface area contributed by atoms with Crippen LogP contribution in [0.5, 0.6) is 0 Å². The molecule has 0 N–H and O–H groups in total. The standard InChI is InChI=1S/C31H28FN3O/c1-22-33-29-19-18-27(34(2)26-16-14-25(32)15-17-26)21-28(29)31(36)35(22)30(24-11-7-4-8-12-24)20-13-23-9-5-3-6-10-23/h3-12,14-19,21,30H,13,20H2,1-2H3. The van der Waals surface area contributed by atoms with Crippen LogP contribution in [0.1, 0.15) is 29.4 Å². The fourth-order valence-electron chi connectivity index (χ4n) is 4.76. The second-order valence-corrected chi connectivity index (χ2v) is 9.02. The first-order valence-corrected chi connectivity index (χ1v) is 12.1. The molecule has 4 nitrogen and oxygen atoms in total. The Bertz CT molecular complexity index is 1530. The fourth-order valence-corrected chi connectivity index (χ4v) is 4.76. The first-order valence-electron chi connectivity index (χ1n) is 12.1. The van der Waals surface area contributed by atoms with Crippen molar-refractivity contribution in [2.75, 3.05) is 11.9 Å². The molecule has 1 heterocycles. The topological polar surface area (TPSA) is 38.1 Å². The van der Waals surface area contributed by atoms with Crippen molar-refractivity contribution >= 4 is 22.3 Å². The molecule has 5 heteroatoms. The van der Waals surface area contributed by atoms with Gasteiger partial charge in [-0.15, -0.1) is 0 Å². The third-order valence-electron chi connectivity index (χ3n) is 6.71. The number of aromatic nitrogens is 2. The van der Waals surface area contributed by atoms with Gasteiger partial charge in [-0.05, 0) is 73.4 Å². The van der Waals surface area contributed by atoms with E-state index in [-0.39, 0.29) is 17.4 Å². The van der Waals surface area contributed by atoms with Crippen LogP contribution in [0.3, 0.4) is 0 Å². The molecular formula is C31H28FN3O. The monoisotopic (exact) mass is 477 g/mol. The third kappa shape index (κ3) is 4.78. The Balaban J connectivity index is 1.59. The summed E-state index contributed by atoms with van der Waals surface area (Å²) in [6.07, 6.45) is 1.62. The summed E-state index contributed by atoms with van der Waals surface area (Å²) < 4.78 is 15.2. The predicted octanol–water partition coefficient (Wildman–Crippen LogP) is 6.83. The van der Waals surface area contributed by atoms with Crippen LogP contribution in [-0.2, 0) is 6.42 Å². The minimum Gasteiger partial charge on any atom is -0.345 e. The highest BCUT2D eigenvalue weighted by Gasteiger charge is 2.20. The van der Waals surface area contributed by atoms with E-state index in [0.29, 0.717) is 16.7 Å². The van der Waals surface area contributed by atoms with Crippen molar-refractivity contribution in [1.29, 1.82) is 0 Å². The molecule has 0 fully saturated rings. The lowest BCUT2D eigenvalue weighted by atomic mass is 9.98. The molecule has 0 radical (unpaired) electrons. The summed E-state index contributed by atoms with van der Waals surface area (Å²) in [4.78, 5) is 20.7. The molecule has 0 aliphatic carbocycles. The van der Waals surface area contributed by atoms with Crippen LogP contribution in [0.15, 0.2) is 108 Å². The Morgan fingerprint density at radius 2 is 1.50 bits per heavy atom. The average Bonchev–Trinajstić information content (AvgIpc) is 2.91. The van der Waals surface area contributed by atoms with Crippen LogP contribution in [0.2, 0.25) is 0 Å². The summed E-state index contributed by atoms with van der Waals surface area (Å²) >= 11 is 0. The van der Waals surface area contributed by atoms with Crippen molar-refractivity contribution in [3.63, 3.8) is 0 Å². The van der Waals surface area contributed by atoms with E-state index in [1.165, 1.54) is 17.7 Å². The Hall–Kier alpha value is -4.25. The number of hydrogen-bond donors (Lipinski definition) is 0. The van der Waals surface area contributed by atoms with Gasteiger partial charge in [-0.1, -0.05) is 60.7 Å². The van der Waals surface area contributed by atoms with E-state index in [2.05, 4.69) is 24.3 Å². The molecule has 36 heavy (non-hydrogen) atoms. The zero-order valence-corrected chi connectivity index (χ0v) is 20.4. The number of aryl methyl sites for hydroxylation is 2. The third-order valence-corrected chi connectivity index (χ3v) is 6.71. The Morgan fingerprint density at radius 1 is 0.861 bits per heavy atom. The molecule has 0 aliphatic heterocycles. The van der Waals surface area contributed by atoms with Gasteiger partial charge in [0.1, 0.15) is 11.6 Å². The van der Waals surface area contributed by atoms with E-state index < -0.39 is 0 Å². The van der Waals surface area contributed by atoms with Crippen molar-refractivity contribution in [1.82, 2.24) is 9.55 Å². The van der Waals surface area contributed by atoms with Crippen molar-refractivity contribution in [2.45, 2.75) is 25.8 Å². The largest absolute Gasteiger partial charge is 0.345 e. The summed E-state index contributed by atoms with van der Waals surface area (Å²) in [7, 11) is 1.90. The van der Waals surface area contributed by atoms with Gasteiger partial charge in [-0.2, -0.15) is 0 Å². The number of halogens is 1. The van der Waals surface area contributed by atoms with Crippen LogP contribution in [0.25, 0.3) is 10.9 Å². The van der Waals surface area contributed by atoms with E-state index in [4.69, 9.17) is 4.98 Å². The van der Waals surface area contributed by atoms with E-state index >= 15 is 0 Å². The highest BCUT2D eigenvalue weighted by atomic mass is 19.1. The van der Waals surface area contributed by atoms with Gasteiger partial charge in [0.15, 0.2) is 0 Å². The fraction of sp³-hybridized carbons (Fsp3) is 0.161. The maximum absolute atomic E-state index is 14.0. The zero-order chi connectivity index (χ0) is 25.1. The smallest absolute Gasteiger partial charge is 0.262 e. The molecule has 5 rings (SSSR count). The average molecular weight is 478 g/mol. The summed E-state index contributed by atoms with van der Waals surface area (Å²) in [5.74, 6) is 0.407. The van der Waals surface area contributed by atoms with E-state index in [1.807, 2.05) is 78.0 Å². The van der Waals surface area contributed by atoms with Gasteiger partial charge < -0.3 is 4.90 Å². The van der Waals surface area contributed by atoms with Gasteiger partial charge >= 0.3 is 0 Å². The van der Waals surface area contributed by atoms with Crippen LogP contribution in [0, 0.1) is 12.7 Å². The quantitative estimate of drug-likeness (QED) is 0.258. The zero-order valence-electron chi connectivity index (χ0n) is 20.4. The van der Waals surface area contributed by atoms with Crippen LogP contribution in [-0.4, -0.2) is 16.6 Å². The predicted molar refractivity (Wildman–Crippen MR) is 145 cm³/mol. The molecule has 1 atom stereocenters. The van der Waals surface area contributed by atoms with Gasteiger partial charge in [0.2, 0.25) is 0 Å². The molecule has 1 unspecified atom stereocenters. The lowest BCUT2D eigenvalue weighted by molar-refractivity contribution is 0.508. The molecule has 0 saturated carbocycles. The molecule has 4 aromatic carbocycles. The molecule has 0 spiro atoms. The molecule has 1 aromatic heterocycles.